The van der Waals surface area contributed by atoms with Crippen LogP contribution in [-0.2, 0) is 16.2 Å². The van der Waals surface area contributed by atoms with Crippen LogP contribution in [0.3, 0.4) is 0 Å². The maximum absolute atomic E-state index is 13.0. The van der Waals surface area contributed by atoms with Gasteiger partial charge in [-0.25, -0.2) is 13.1 Å². The second kappa shape index (κ2) is 6.35. The quantitative estimate of drug-likeness (QED) is 0.874. The maximum Gasteiger partial charge on any atom is 0.417 e. The number of halogens is 4. The molecule has 22 heavy (non-hydrogen) atoms. The van der Waals surface area contributed by atoms with Gasteiger partial charge in [-0.2, -0.15) is 13.2 Å². The molecule has 0 amide bonds. The summed E-state index contributed by atoms with van der Waals surface area (Å²) in [6.07, 6.45) is -2.51. The summed E-state index contributed by atoms with van der Waals surface area (Å²) in [5.41, 5.74) is 4.47. The molecule has 9 heteroatoms. The molecule has 3 N–H and O–H groups in total. The first-order chi connectivity index (χ1) is 10.1. The van der Waals surface area contributed by atoms with Crippen LogP contribution in [0.4, 0.5) is 13.2 Å². The van der Waals surface area contributed by atoms with Crippen molar-refractivity contribution in [3.8, 4) is 0 Å². The molecule has 1 saturated carbocycles. The van der Waals surface area contributed by atoms with Crippen LogP contribution in [0.25, 0.3) is 0 Å². The largest absolute Gasteiger partial charge is 0.417 e. The minimum atomic E-state index is -4.80. The van der Waals surface area contributed by atoms with Crippen molar-refractivity contribution in [3.63, 3.8) is 0 Å². The minimum Gasteiger partial charge on any atom is -0.328 e. The van der Waals surface area contributed by atoms with E-state index in [1.807, 2.05) is 0 Å². The summed E-state index contributed by atoms with van der Waals surface area (Å²) in [5, 5.41) is -0.171. The van der Waals surface area contributed by atoms with Gasteiger partial charge in [0.1, 0.15) is 0 Å². The lowest BCUT2D eigenvalue weighted by Crippen LogP contribution is -2.40. The Balaban J connectivity index is 2.30. The van der Waals surface area contributed by atoms with E-state index in [2.05, 4.69) is 4.72 Å². The van der Waals surface area contributed by atoms with E-state index in [9.17, 15) is 21.6 Å². The lowest BCUT2D eigenvalue weighted by atomic mass is 9.93. The lowest BCUT2D eigenvalue weighted by molar-refractivity contribution is -0.139. The van der Waals surface area contributed by atoms with Crippen molar-refractivity contribution in [2.45, 2.75) is 48.8 Å². The van der Waals surface area contributed by atoms with Crippen molar-refractivity contribution >= 4 is 21.6 Å². The Morgan fingerprint density at radius 3 is 2.32 bits per heavy atom. The number of hydrogen-bond acceptors (Lipinski definition) is 3. The fraction of sp³-hybridized carbons (Fsp3) is 0.538. The van der Waals surface area contributed by atoms with Crippen LogP contribution in [0.15, 0.2) is 23.1 Å². The van der Waals surface area contributed by atoms with Gasteiger partial charge in [0, 0.05) is 17.1 Å². The maximum atomic E-state index is 13.0. The van der Waals surface area contributed by atoms with Crippen molar-refractivity contribution in [1.29, 1.82) is 0 Å². The third kappa shape index (κ3) is 4.13. The second-order valence-corrected chi connectivity index (χ2v) is 7.49. The van der Waals surface area contributed by atoms with E-state index >= 15 is 0 Å². The SMILES string of the molecule is NC1CCC(NS(=O)(=O)c2ccc(Cl)cc2C(F)(F)F)CC1. The average Bonchev–Trinajstić information content (AvgIpc) is 2.40. The highest BCUT2D eigenvalue weighted by atomic mass is 35.5. The summed E-state index contributed by atoms with van der Waals surface area (Å²) in [7, 11) is -4.28. The third-order valence-electron chi connectivity index (χ3n) is 3.63. The third-order valence-corrected chi connectivity index (χ3v) is 5.44. The number of alkyl halides is 3. The van der Waals surface area contributed by atoms with Gasteiger partial charge in [0.25, 0.3) is 0 Å². The zero-order valence-corrected chi connectivity index (χ0v) is 13.1. The highest BCUT2D eigenvalue weighted by Gasteiger charge is 2.38. The van der Waals surface area contributed by atoms with E-state index in [0.29, 0.717) is 31.7 Å². The highest BCUT2D eigenvalue weighted by molar-refractivity contribution is 7.89. The molecular formula is C13H16ClF3N2O2S. The molecule has 124 valence electrons. The molecule has 1 aliphatic carbocycles. The molecule has 2 rings (SSSR count). The molecule has 0 radical (unpaired) electrons. The van der Waals surface area contributed by atoms with Crippen LogP contribution in [0.1, 0.15) is 31.2 Å². The summed E-state index contributed by atoms with van der Waals surface area (Å²) >= 11 is 5.55. The van der Waals surface area contributed by atoms with Crippen LogP contribution >= 0.6 is 11.6 Å². The normalized spacial score (nSPS) is 23.5. The standard InChI is InChI=1S/C13H16ClF3N2O2S/c14-8-1-6-12(11(7-8)13(15,16)17)22(20,21)19-10-4-2-9(18)3-5-10/h1,6-7,9-10,19H,2-5,18H2. The smallest absolute Gasteiger partial charge is 0.328 e. The monoisotopic (exact) mass is 356 g/mol. The minimum absolute atomic E-state index is 0.0158. The van der Waals surface area contributed by atoms with Crippen molar-refractivity contribution in [3.05, 3.63) is 28.8 Å². The number of rotatable bonds is 3. The summed E-state index contributed by atoms with van der Waals surface area (Å²) in [4.78, 5) is -0.806. The highest BCUT2D eigenvalue weighted by Crippen LogP contribution is 2.36. The van der Waals surface area contributed by atoms with Crippen LogP contribution < -0.4 is 10.5 Å². The Hall–Kier alpha value is -0.830. The van der Waals surface area contributed by atoms with Gasteiger partial charge in [-0.1, -0.05) is 11.6 Å². The number of sulfonamides is 1. The number of hydrogen-bond donors (Lipinski definition) is 2. The predicted octanol–water partition coefficient (Wildman–Crippen LogP) is 2.91. The second-order valence-electron chi connectivity index (χ2n) is 5.37. The molecular weight excluding hydrogens is 341 g/mol. The van der Waals surface area contributed by atoms with Gasteiger partial charge in [0.15, 0.2) is 0 Å². The molecule has 0 saturated heterocycles. The number of nitrogens with one attached hydrogen (secondary N) is 1. The van der Waals surface area contributed by atoms with E-state index in [-0.39, 0.29) is 11.1 Å². The summed E-state index contributed by atoms with van der Waals surface area (Å²) in [6, 6.07) is 2.24. The van der Waals surface area contributed by atoms with Crippen LogP contribution in [-0.4, -0.2) is 20.5 Å². The Kier molecular flexibility index (Phi) is 5.06. The molecule has 1 aromatic carbocycles. The molecule has 1 aliphatic rings. The Morgan fingerprint density at radius 1 is 1.18 bits per heavy atom. The van der Waals surface area contributed by atoms with Crippen molar-refractivity contribution in [2.24, 2.45) is 5.73 Å². The Morgan fingerprint density at radius 2 is 1.77 bits per heavy atom. The fourth-order valence-electron chi connectivity index (χ4n) is 2.48. The average molecular weight is 357 g/mol. The van der Waals surface area contributed by atoms with Gasteiger partial charge >= 0.3 is 6.18 Å². The molecule has 1 fully saturated rings. The molecule has 1 aromatic rings. The van der Waals surface area contributed by atoms with Gasteiger partial charge in [-0.05, 0) is 43.9 Å². The molecule has 0 heterocycles. The lowest BCUT2D eigenvalue weighted by Gasteiger charge is -2.27. The topological polar surface area (TPSA) is 72.2 Å². The first-order valence-corrected chi connectivity index (χ1v) is 8.60. The molecule has 0 bridgehead atoms. The van der Waals surface area contributed by atoms with Crippen molar-refractivity contribution in [1.82, 2.24) is 4.72 Å². The van der Waals surface area contributed by atoms with Gasteiger partial charge in [0.05, 0.1) is 10.5 Å². The molecule has 0 aromatic heterocycles. The van der Waals surface area contributed by atoms with Crippen LogP contribution in [0.5, 0.6) is 0 Å². The predicted molar refractivity (Wildman–Crippen MR) is 77.0 cm³/mol. The van der Waals surface area contributed by atoms with Gasteiger partial charge in [-0.3, -0.25) is 0 Å². The number of benzene rings is 1. The number of nitrogens with two attached hydrogens (primary N) is 1. The molecule has 0 atom stereocenters. The fourth-order valence-corrected chi connectivity index (χ4v) is 4.16. The first-order valence-electron chi connectivity index (χ1n) is 6.74. The summed E-state index contributed by atoms with van der Waals surface area (Å²) in [6.45, 7) is 0. The Labute approximate surface area is 131 Å². The van der Waals surface area contributed by atoms with E-state index < -0.39 is 32.7 Å². The van der Waals surface area contributed by atoms with Crippen LogP contribution in [0, 0.1) is 0 Å². The Bertz CT molecular complexity index is 641. The zero-order valence-electron chi connectivity index (χ0n) is 11.5. The summed E-state index contributed by atoms with van der Waals surface area (Å²) in [5.74, 6) is 0. The first kappa shape index (κ1) is 17.5. The van der Waals surface area contributed by atoms with E-state index in [1.54, 1.807) is 0 Å². The van der Waals surface area contributed by atoms with Crippen molar-refractivity contribution < 1.29 is 21.6 Å². The molecule has 0 spiro atoms. The van der Waals surface area contributed by atoms with E-state index in [1.165, 1.54) is 0 Å². The van der Waals surface area contributed by atoms with Crippen LogP contribution in [0.2, 0.25) is 5.02 Å². The van der Waals surface area contributed by atoms with Crippen molar-refractivity contribution in [2.75, 3.05) is 0 Å². The van der Waals surface area contributed by atoms with Gasteiger partial charge in [0.2, 0.25) is 10.0 Å². The van der Waals surface area contributed by atoms with E-state index in [4.69, 9.17) is 17.3 Å². The van der Waals surface area contributed by atoms with Gasteiger partial charge < -0.3 is 5.73 Å². The zero-order chi connectivity index (χ0) is 16.5. The van der Waals surface area contributed by atoms with Gasteiger partial charge in [-0.15, -0.1) is 0 Å². The molecule has 0 aliphatic heterocycles. The van der Waals surface area contributed by atoms with E-state index in [0.717, 1.165) is 12.1 Å². The molecule has 4 nitrogen and oxygen atoms in total. The molecule has 0 unspecified atom stereocenters. The summed E-state index contributed by atoms with van der Waals surface area (Å²) < 4.78 is 66.0.